The number of nitrogens with one attached hydrogen (secondary N) is 1. The van der Waals surface area contributed by atoms with Crippen molar-refractivity contribution in [1.82, 2.24) is 9.38 Å². The maximum Gasteiger partial charge on any atom is 0.144 e. The van der Waals surface area contributed by atoms with Crippen LogP contribution in [0.25, 0.3) is 16.9 Å². The van der Waals surface area contributed by atoms with Crippen molar-refractivity contribution in [3.63, 3.8) is 0 Å². The van der Waals surface area contributed by atoms with Crippen LogP contribution in [0.15, 0.2) is 42.6 Å². The van der Waals surface area contributed by atoms with Gasteiger partial charge >= 0.3 is 0 Å². The molecule has 1 aromatic carbocycles. The van der Waals surface area contributed by atoms with Crippen molar-refractivity contribution in [2.45, 2.75) is 19.8 Å². The van der Waals surface area contributed by atoms with E-state index < -0.39 is 0 Å². The number of imidazole rings is 1. The maximum atomic E-state index is 4.75. The fourth-order valence-electron chi connectivity index (χ4n) is 3.01. The van der Waals surface area contributed by atoms with Crippen LogP contribution < -0.4 is 5.32 Å². The first kappa shape index (κ1) is 11.5. The summed E-state index contributed by atoms with van der Waals surface area (Å²) in [5.74, 6) is 1.03. The molecule has 0 atom stereocenters. The zero-order valence-corrected chi connectivity index (χ0v) is 11.6. The molecule has 0 amide bonds. The highest BCUT2D eigenvalue weighted by atomic mass is 15.0. The number of rotatable bonds is 1. The minimum atomic E-state index is 1.03. The summed E-state index contributed by atoms with van der Waals surface area (Å²) >= 11 is 0. The first-order valence-electron chi connectivity index (χ1n) is 7.14. The van der Waals surface area contributed by atoms with Crippen molar-refractivity contribution in [3.05, 3.63) is 53.9 Å². The van der Waals surface area contributed by atoms with Crippen LogP contribution in [0.1, 0.15) is 17.7 Å². The van der Waals surface area contributed by atoms with Crippen molar-refractivity contribution >= 4 is 11.2 Å². The van der Waals surface area contributed by atoms with Crippen LogP contribution in [0.5, 0.6) is 0 Å². The molecule has 20 heavy (non-hydrogen) atoms. The second-order valence-corrected chi connectivity index (χ2v) is 5.38. The third-order valence-corrected chi connectivity index (χ3v) is 4.03. The normalized spacial score (nSPS) is 14.1. The number of nitrogens with zero attached hydrogens (tertiary/aromatic N) is 2. The monoisotopic (exact) mass is 263 g/mol. The van der Waals surface area contributed by atoms with E-state index in [-0.39, 0.29) is 0 Å². The van der Waals surface area contributed by atoms with E-state index in [0.717, 1.165) is 24.5 Å². The molecule has 0 aliphatic carbocycles. The predicted molar refractivity (Wildman–Crippen MR) is 82.2 cm³/mol. The molecule has 3 aromatic rings. The Hall–Kier alpha value is -2.29. The molecule has 3 heterocycles. The Morgan fingerprint density at radius 1 is 1.20 bits per heavy atom. The minimum Gasteiger partial charge on any atom is -0.385 e. The molecule has 2 aromatic heterocycles. The fourth-order valence-corrected chi connectivity index (χ4v) is 3.01. The molecule has 1 aliphatic heterocycles. The molecule has 0 radical (unpaired) electrons. The van der Waals surface area contributed by atoms with Gasteiger partial charge in [-0.25, -0.2) is 4.98 Å². The Kier molecular flexibility index (Phi) is 2.52. The van der Waals surface area contributed by atoms with Gasteiger partial charge < -0.3 is 5.32 Å². The topological polar surface area (TPSA) is 29.3 Å². The molecule has 1 aliphatic rings. The lowest BCUT2D eigenvalue weighted by Crippen LogP contribution is -2.11. The van der Waals surface area contributed by atoms with Gasteiger partial charge in [0.15, 0.2) is 0 Å². The highest BCUT2D eigenvalue weighted by molar-refractivity contribution is 5.69. The van der Waals surface area contributed by atoms with E-state index in [1.165, 1.54) is 28.8 Å². The van der Waals surface area contributed by atoms with Crippen molar-refractivity contribution < 1.29 is 0 Å². The Labute approximate surface area is 118 Å². The van der Waals surface area contributed by atoms with Gasteiger partial charge in [-0.1, -0.05) is 6.07 Å². The molecule has 0 saturated heterocycles. The van der Waals surface area contributed by atoms with E-state index in [0.29, 0.717) is 0 Å². The van der Waals surface area contributed by atoms with E-state index >= 15 is 0 Å². The third kappa shape index (κ3) is 1.70. The number of hydrogen-bond donors (Lipinski definition) is 1. The Balaban J connectivity index is 1.91. The Morgan fingerprint density at radius 2 is 2.15 bits per heavy atom. The summed E-state index contributed by atoms with van der Waals surface area (Å²) in [5, 5.41) is 3.46. The number of benzene rings is 1. The molecule has 100 valence electrons. The number of anilines is 1. The molecule has 4 rings (SSSR count). The summed E-state index contributed by atoms with van der Waals surface area (Å²) < 4.78 is 2.17. The molecule has 0 unspecified atom stereocenters. The number of aryl methyl sites for hydroxylation is 2. The average molecular weight is 263 g/mol. The first-order chi connectivity index (χ1) is 9.83. The van der Waals surface area contributed by atoms with Gasteiger partial charge in [0.05, 0.1) is 11.2 Å². The molecule has 3 heteroatoms. The van der Waals surface area contributed by atoms with Crippen molar-refractivity contribution in [2.24, 2.45) is 0 Å². The van der Waals surface area contributed by atoms with Gasteiger partial charge in [-0.15, -0.1) is 0 Å². The summed E-state index contributed by atoms with van der Waals surface area (Å²) in [6.07, 6.45) is 4.44. The zero-order valence-electron chi connectivity index (χ0n) is 11.6. The van der Waals surface area contributed by atoms with E-state index in [1.807, 2.05) is 0 Å². The summed E-state index contributed by atoms with van der Waals surface area (Å²) in [4.78, 5) is 4.75. The van der Waals surface area contributed by atoms with Gasteiger partial charge in [0.25, 0.3) is 0 Å². The minimum absolute atomic E-state index is 1.03. The number of fused-ring (bicyclic) bond motifs is 2. The first-order valence-corrected chi connectivity index (χ1v) is 7.14. The number of aromatic nitrogens is 2. The summed E-state index contributed by atoms with van der Waals surface area (Å²) in [6.45, 7) is 3.15. The van der Waals surface area contributed by atoms with E-state index in [1.54, 1.807) is 0 Å². The van der Waals surface area contributed by atoms with Crippen LogP contribution >= 0.6 is 0 Å². The molecular formula is C17H17N3. The molecular weight excluding hydrogens is 246 g/mol. The lowest BCUT2D eigenvalue weighted by molar-refractivity contribution is 0.830. The second-order valence-electron chi connectivity index (χ2n) is 5.38. The molecule has 0 fully saturated rings. The van der Waals surface area contributed by atoms with Crippen LogP contribution in [0, 0.1) is 6.92 Å². The number of pyridine rings is 1. The van der Waals surface area contributed by atoms with Crippen molar-refractivity contribution in [1.29, 1.82) is 0 Å². The third-order valence-electron chi connectivity index (χ3n) is 4.03. The van der Waals surface area contributed by atoms with Gasteiger partial charge in [0, 0.05) is 24.0 Å². The second kappa shape index (κ2) is 4.37. The summed E-state index contributed by atoms with van der Waals surface area (Å²) in [6, 6.07) is 12.9. The van der Waals surface area contributed by atoms with Gasteiger partial charge in [-0.3, -0.25) is 4.40 Å². The van der Waals surface area contributed by atoms with Crippen LogP contribution in [0.4, 0.5) is 5.69 Å². The van der Waals surface area contributed by atoms with Gasteiger partial charge in [0.2, 0.25) is 0 Å². The largest absolute Gasteiger partial charge is 0.385 e. The predicted octanol–water partition coefficient (Wildman–Crippen LogP) is 3.67. The fraction of sp³-hybridized carbons (Fsp3) is 0.235. The van der Waals surface area contributed by atoms with Crippen LogP contribution in [-0.2, 0) is 6.42 Å². The standard InChI is InChI=1S/C17H17N3/c1-12-16-6-2-3-10-20(16)17(19-12)14-7-8-15-13(11-14)5-4-9-18-15/h2-3,6-8,10-11,18H,4-5,9H2,1H3. The SMILES string of the molecule is Cc1nc(-c2ccc3c(c2)CCCN3)n2ccccc12. The smallest absolute Gasteiger partial charge is 0.144 e. The highest BCUT2D eigenvalue weighted by Crippen LogP contribution is 2.29. The molecule has 3 nitrogen and oxygen atoms in total. The zero-order chi connectivity index (χ0) is 13.5. The Bertz CT molecular complexity index is 786. The van der Waals surface area contributed by atoms with E-state index in [4.69, 9.17) is 4.98 Å². The van der Waals surface area contributed by atoms with E-state index in [2.05, 4.69) is 59.2 Å². The van der Waals surface area contributed by atoms with Crippen LogP contribution in [-0.4, -0.2) is 15.9 Å². The van der Waals surface area contributed by atoms with Gasteiger partial charge in [-0.05, 0) is 55.7 Å². The van der Waals surface area contributed by atoms with Gasteiger partial charge in [-0.2, -0.15) is 0 Å². The van der Waals surface area contributed by atoms with Crippen LogP contribution in [0.2, 0.25) is 0 Å². The van der Waals surface area contributed by atoms with Crippen LogP contribution in [0.3, 0.4) is 0 Å². The molecule has 0 saturated carbocycles. The molecule has 0 bridgehead atoms. The quantitative estimate of drug-likeness (QED) is 0.726. The summed E-state index contributed by atoms with van der Waals surface area (Å²) in [5.41, 5.74) is 6.13. The average Bonchev–Trinajstić information content (AvgIpc) is 2.85. The lowest BCUT2D eigenvalue weighted by atomic mass is 10.0. The Morgan fingerprint density at radius 3 is 3.10 bits per heavy atom. The van der Waals surface area contributed by atoms with Crippen molar-refractivity contribution in [3.8, 4) is 11.4 Å². The lowest BCUT2D eigenvalue weighted by Gasteiger charge is -2.18. The molecule has 0 spiro atoms. The summed E-state index contributed by atoms with van der Waals surface area (Å²) in [7, 11) is 0. The van der Waals surface area contributed by atoms with E-state index in [9.17, 15) is 0 Å². The van der Waals surface area contributed by atoms with Gasteiger partial charge in [0.1, 0.15) is 5.82 Å². The maximum absolute atomic E-state index is 4.75. The van der Waals surface area contributed by atoms with Crippen molar-refractivity contribution in [2.75, 3.05) is 11.9 Å². The highest BCUT2D eigenvalue weighted by Gasteiger charge is 2.13. The molecule has 1 N–H and O–H groups in total. The number of hydrogen-bond acceptors (Lipinski definition) is 2.